The van der Waals surface area contributed by atoms with Crippen LogP contribution in [0.3, 0.4) is 0 Å². The van der Waals surface area contributed by atoms with Gasteiger partial charge in [-0.2, -0.15) is 0 Å². The lowest BCUT2D eigenvalue weighted by Gasteiger charge is -2.24. The standard InChI is InChI=1S/C19H17ClN2O2S/c1-24-13-6-7-16-14(10-13)17-18(25-16)19(23)21-8-9-22(17)11-12-4-2-3-5-15(12)20/h2-7,10H,8-9,11H2,1H3,(H,21,23). The fourth-order valence-corrected chi connectivity index (χ4v) is 4.46. The molecular weight excluding hydrogens is 356 g/mol. The van der Waals surface area contributed by atoms with Crippen molar-refractivity contribution in [2.75, 3.05) is 25.1 Å². The van der Waals surface area contributed by atoms with E-state index >= 15 is 0 Å². The summed E-state index contributed by atoms with van der Waals surface area (Å²) in [5.41, 5.74) is 2.01. The van der Waals surface area contributed by atoms with Crippen LogP contribution in [0.15, 0.2) is 42.5 Å². The van der Waals surface area contributed by atoms with Gasteiger partial charge in [0.05, 0.1) is 12.8 Å². The first-order valence-electron chi connectivity index (χ1n) is 8.04. The van der Waals surface area contributed by atoms with Gasteiger partial charge in [0.1, 0.15) is 10.6 Å². The van der Waals surface area contributed by atoms with Crippen LogP contribution < -0.4 is 15.0 Å². The molecule has 0 spiro atoms. The topological polar surface area (TPSA) is 41.6 Å². The Hall–Kier alpha value is -2.24. The summed E-state index contributed by atoms with van der Waals surface area (Å²) in [4.78, 5) is 15.5. The number of fused-ring (bicyclic) bond motifs is 3. The van der Waals surface area contributed by atoms with Crippen LogP contribution in [0.25, 0.3) is 10.1 Å². The zero-order chi connectivity index (χ0) is 17.4. The van der Waals surface area contributed by atoms with Crippen molar-refractivity contribution in [3.05, 3.63) is 57.9 Å². The van der Waals surface area contributed by atoms with Crippen LogP contribution >= 0.6 is 22.9 Å². The van der Waals surface area contributed by atoms with E-state index in [1.54, 1.807) is 7.11 Å². The van der Waals surface area contributed by atoms with E-state index in [4.69, 9.17) is 16.3 Å². The summed E-state index contributed by atoms with van der Waals surface area (Å²) in [5.74, 6) is 0.771. The first-order valence-corrected chi connectivity index (χ1v) is 9.24. The second-order valence-electron chi connectivity index (χ2n) is 5.91. The van der Waals surface area contributed by atoms with E-state index in [0.717, 1.165) is 43.5 Å². The van der Waals surface area contributed by atoms with Gasteiger partial charge in [0, 0.05) is 34.7 Å². The van der Waals surface area contributed by atoms with Crippen molar-refractivity contribution in [3.63, 3.8) is 0 Å². The summed E-state index contributed by atoms with van der Waals surface area (Å²) >= 11 is 7.87. The molecule has 4 rings (SSSR count). The maximum atomic E-state index is 12.5. The van der Waals surface area contributed by atoms with Crippen molar-refractivity contribution >= 4 is 44.6 Å². The zero-order valence-corrected chi connectivity index (χ0v) is 15.3. The number of carbonyl (C=O) groups excluding carboxylic acids is 1. The molecule has 128 valence electrons. The van der Waals surface area contributed by atoms with E-state index in [1.165, 1.54) is 11.3 Å². The highest BCUT2D eigenvalue weighted by atomic mass is 35.5. The molecule has 4 nitrogen and oxygen atoms in total. The molecule has 0 radical (unpaired) electrons. The molecule has 0 unspecified atom stereocenters. The van der Waals surface area contributed by atoms with E-state index in [2.05, 4.69) is 10.2 Å². The Morgan fingerprint density at radius 2 is 2.12 bits per heavy atom. The Bertz CT molecular complexity index is 954. The van der Waals surface area contributed by atoms with Gasteiger partial charge in [0.2, 0.25) is 0 Å². The summed E-state index contributed by atoms with van der Waals surface area (Å²) in [6.45, 7) is 1.99. The Labute approximate surface area is 155 Å². The van der Waals surface area contributed by atoms with E-state index in [1.807, 2.05) is 42.5 Å². The molecule has 1 aliphatic heterocycles. The number of amides is 1. The first-order chi connectivity index (χ1) is 12.2. The number of carbonyl (C=O) groups is 1. The number of benzene rings is 2. The zero-order valence-electron chi connectivity index (χ0n) is 13.7. The lowest BCUT2D eigenvalue weighted by atomic mass is 10.1. The molecule has 0 atom stereocenters. The van der Waals surface area contributed by atoms with Gasteiger partial charge in [-0.05, 0) is 29.8 Å². The minimum atomic E-state index is -0.0168. The second kappa shape index (κ2) is 6.58. The molecule has 1 amide bonds. The molecule has 3 aromatic rings. The maximum Gasteiger partial charge on any atom is 0.263 e. The van der Waals surface area contributed by atoms with Crippen LogP contribution in [-0.4, -0.2) is 26.1 Å². The van der Waals surface area contributed by atoms with Gasteiger partial charge >= 0.3 is 0 Å². The highest BCUT2D eigenvalue weighted by Gasteiger charge is 2.26. The van der Waals surface area contributed by atoms with Crippen LogP contribution in [0.4, 0.5) is 5.69 Å². The van der Waals surface area contributed by atoms with Crippen LogP contribution in [0.2, 0.25) is 5.02 Å². The number of rotatable bonds is 3. The fraction of sp³-hybridized carbons (Fsp3) is 0.211. The normalized spacial score (nSPS) is 14.2. The van der Waals surface area contributed by atoms with Gasteiger partial charge in [0.15, 0.2) is 0 Å². The third-order valence-electron chi connectivity index (χ3n) is 4.38. The summed E-state index contributed by atoms with van der Waals surface area (Å²) < 4.78 is 6.45. The SMILES string of the molecule is COc1ccc2sc3c(c2c1)N(Cc1ccccc1Cl)CCNC3=O. The summed E-state index contributed by atoms with van der Waals surface area (Å²) in [7, 11) is 1.65. The number of hydrogen-bond acceptors (Lipinski definition) is 4. The van der Waals surface area contributed by atoms with Crippen molar-refractivity contribution in [2.45, 2.75) is 6.54 Å². The Morgan fingerprint density at radius 3 is 2.92 bits per heavy atom. The van der Waals surface area contributed by atoms with E-state index in [-0.39, 0.29) is 5.91 Å². The quantitative estimate of drug-likeness (QED) is 0.744. The number of methoxy groups -OCH3 is 1. The number of nitrogens with zero attached hydrogens (tertiary/aromatic N) is 1. The van der Waals surface area contributed by atoms with Crippen LogP contribution in [0.1, 0.15) is 15.2 Å². The van der Waals surface area contributed by atoms with Crippen molar-refractivity contribution in [3.8, 4) is 5.75 Å². The highest BCUT2D eigenvalue weighted by molar-refractivity contribution is 7.21. The smallest absolute Gasteiger partial charge is 0.263 e. The number of hydrogen-bond donors (Lipinski definition) is 1. The molecule has 0 saturated heterocycles. The number of anilines is 1. The minimum absolute atomic E-state index is 0.0168. The lowest BCUT2D eigenvalue weighted by molar-refractivity contribution is 0.0962. The molecule has 0 bridgehead atoms. The average molecular weight is 373 g/mol. The fourth-order valence-electron chi connectivity index (χ4n) is 3.15. The molecular formula is C19H17ClN2O2S. The van der Waals surface area contributed by atoms with Gasteiger partial charge in [0.25, 0.3) is 5.91 Å². The predicted octanol–water partition coefficient (Wildman–Crippen LogP) is 4.31. The van der Waals surface area contributed by atoms with Gasteiger partial charge < -0.3 is 15.0 Å². The third-order valence-corrected chi connectivity index (χ3v) is 5.91. The predicted molar refractivity (Wildman–Crippen MR) is 103 cm³/mol. The highest BCUT2D eigenvalue weighted by Crippen LogP contribution is 2.41. The molecule has 2 heterocycles. The number of thiophene rings is 1. The van der Waals surface area contributed by atoms with Crippen molar-refractivity contribution < 1.29 is 9.53 Å². The van der Waals surface area contributed by atoms with Gasteiger partial charge in [-0.25, -0.2) is 0 Å². The molecule has 1 aliphatic rings. The molecule has 6 heteroatoms. The number of halogens is 1. The van der Waals surface area contributed by atoms with Crippen LogP contribution in [-0.2, 0) is 6.54 Å². The minimum Gasteiger partial charge on any atom is -0.497 e. The van der Waals surface area contributed by atoms with Crippen LogP contribution in [0.5, 0.6) is 5.75 Å². The largest absolute Gasteiger partial charge is 0.497 e. The van der Waals surface area contributed by atoms with Gasteiger partial charge in [-0.3, -0.25) is 4.79 Å². The summed E-state index contributed by atoms with van der Waals surface area (Å²) in [5, 5.41) is 4.77. The third kappa shape index (κ3) is 2.94. The Balaban J connectivity index is 1.86. The van der Waals surface area contributed by atoms with E-state index < -0.39 is 0 Å². The number of nitrogens with one attached hydrogen (secondary N) is 1. The molecule has 1 N–H and O–H groups in total. The monoisotopic (exact) mass is 372 g/mol. The summed E-state index contributed by atoms with van der Waals surface area (Å²) in [6.07, 6.45) is 0. The average Bonchev–Trinajstić information content (AvgIpc) is 2.93. The Kier molecular flexibility index (Phi) is 4.27. The van der Waals surface area contributed by atoms with Gasteiger partial charge in [-0.1, -0.05) is 29.8 Å². The van der Waals surface area contributed by atoms with Crippen LogP contribution in [0, 0.1) is 0 Å². The number of ether oxygens (including phenoxy) is 1. The van der Waals surface area contributed by atoms with Crippen molar-refractivity contribution in [1.82, 2.24) is 5.32 Å². The van der Waals surface area contributed by atoms with E-state index in [9.17, 15) is 4.79 Å². The molecule has 0 saturated carbocycles. The molecule has 1 aromatic heterocycles. The molecule has 2 aromatic carbocycles. The molecule has 25 heavy (non-hydrogen) atoms. The first kappa shape index (κ1) is 16.2. The lowest BCUT2D eigenvalue weighted by Crippen LogP contribution is -2.29. The second-order valence-corrected chi connectivity index (χ2v) is 7.37. The molecule has 0 aliphatic carbocycles. The Morgan fingerprint density at radius 1 is 1.28 bits per heavy atom. The van der Waals surface area contributed by atoms with E-state index in [0.29, 0.717) is 13.1 Å². The van der Waals surface area contributed by atoms with Crippen molar-refractivity contribution in [2.24, 2.45) is 0 Å². The van der Waals surface area contributed by atoms with Gasteiger partial charge in [-0.15, -0.1) is 11.3 Å². The maximum absolute atomic E-state index is 12.5. The van der Waals surface area contributed by atoms with Crippen molar-refractivity contribution in [1.29, 1.82) is 0 Å². The summed E-state index contributed by atoms with van der Waals surface area (Å²) in [6, 6.07) is 13.8. The molecule has 0 fully saturated rings.